The van der Waals surface area contributed by atoms with Crippen molar-refractivity contribution in [3.63, 3.8) is 0 Å². The van der Waals surface area contributed by atoms with Crippen LogP contribution in [0.2, 0.25) is 0 Å². The van der Waals surface area contributed by atoms with Crippen molar-refractivity contribution in [2.45, 2.75) is 51.4 Å². The summed E-state index contributed by atoms with van der Waals surface area (Å²) in [5, 5.41) is 10.0. The minimum atomic E-state index is -0.462. The molecule has 2 unspecified atom stereocenters. The fourth-order valence-corrected chi connectivity index (χ4v) is 2.02. The Bertz CT molecular complexity index is 221. The average molecular weight is 245 g/mol. The molecule has 1 saturated heterocycles. The predicted molar refractivity (Wildman–Crippen MR) is 68.2 cm³/mol. The highest BCUT2D eigenvalue weighted by molar-refractivity contribution is 4.80. The van der Waals surface area contributed by atoms with Crippen molar-refractivity contribution >= 4 is 0 Å². The number of morpholine rings is 1. The van der Waals surface area contributed by atoms with E-state index in [1.54, 1.807) is 7.11 Å². The third kappa shape index (κ3) is 4.54. The summed E-state index contributed by atoms with van der Waals surface area (Å²) in [6, 6.07) is 0. The van der Waals surface area contributed by atoms with Gasteiger partial charge in [0.2, 0.25) is 0 Å². The fourth-order valence-electron chi connectivity index (χ4n) is 2.02. The van der Waals surface area contributed by atoms with Gasteiger partial charge in [0.15, 0.2) is 0 Å². The number of rotatable bonds is 6. The first kappa shape index (κ1) is 14.9. The molecule has 2 atom stereocenters. The summed E-state index contributed by atoms with van der Waals surface area (Å²) in [5.74, 6) is 0. The van der Waals surface area contributed by atoms with E-state index in [0.717, 1.165) is 39.1 Å². The molecule has 1 rings (SSSR count). The maximum atomic E-state index is 10.0. The number of hydrogen-bond acceptors (Lipinski definition) is 4. The maximum Gasteiger partial charge on any atom is 0.0880 e. The second kappa shape index (κ2) is 6.69. The molecule has 0 aliphatic carbocycles. The van der Waals surface area contributed by atoms with Crippen molar-refractivity contribution in [1.82, 2.24) is 4.90 Å². The number of aliphatic hydroxyl groups is 1. The van der Waals surface area contributed by atoms with Crippen molar-refractivity contribution in [1.29, 1.82) is 0 Å². The Labute approximate surface area is 105 Å². The molecule has 17 heavy (non-hydrogen) atoms. The lowest BCUT2D eigenvalue weighted by atomic mass is 9.98. The summed E-state index contributed by atoms with van der Waals surface area (Å²) in [6.07, 6.45) is 1.74. The Morgan fingerprint density at radius 1 is 1.53 bits per heavy atom. The van der Waals surface area contributed by atoms with Crippen LogP contribution in [-0.2, 0) is 9.47 Å². The van der Waals surface area contributed by atoms with Crippen LogP contribution in [0.3, 0.4) is 0 Å². The minimum Gasteiger partial charge on any atom is -0.390 e. The summed E-state index contributed by atoms with van der Waals surface area (Å²) in [7, 11) is 1.64. The zero-order valence-corrected chi connectivity index (χ0v) is 11.6. The van der Waals surface area contributed by atoms with Crippen LogP contribution in [0.4, 0.5) is 0 Å². The van der Waals surface area contributed by atoms with Gasteiger partial charge in [0.05, 0.1) is 24.4 Å². The quantitative estimate of drug-likeness (QED) is 0.765. The standard InChI is InChI=1S/C13H27NO3/c1-5-11-10-14(8-9-17-11)7-6-12(15)13(2,3)16-4/h11-12,15H,5-10H2,1-4H3. The van der Waals surface area contributed by atoms with Crippen LogP contribution in [0, 0.1) is 0 Å². The van der Waals surface area contributed by atoms with E-state index < -0.39 is 11.7 Å². The number of ether oxygens (including phenoxy) is 2. The van der Waals surface area contributed by atoms with E-state index in [0.29, 0.717) is 6.10 Å². The van der Waals surface area contributed by atoms with Crippen molar-refractivity contribution in [2.24, 2.45) is 0 Å². The minimum absolute atomic E-state index is 0.358. The monoisotopic (exact) mass is 245 g/mol. The van der Waals surface area contributed by atoms with E-state index in [1.165, 1.54) is 0 Å². The van der Waals surface area contributed by atoms with E-state index in [4.69, 9.17) is 9.47 Å². The van der Waals surface area contributed by atoms with Gasteiger partial charge >= 0.3 is 0 Å². The van der Waals surface area contributed by atoms with Gasteiger partial charge in [0.1, 0.15) is 0 Å². The van der Waals surface area contributed by atoms with Gasteiger partial charge in [-0.3, -0.25) is 4.90 Å². The van der Waals surface area contributed by atoms with E-state index >= 15 is 0 Å². The lowest BCUT2D eigenvalue weighted by Crippen LogP contribution is -2.45. The third-order valence-corrected chi connectivity index (χ3v) is 3.73. The number of nitrogens with zero attached hydrogens (tertiary/aromatic N) is 1. The van der Waals surface area contributed by atoms with Crippen LogP contribution >= 0.6 is 0 Å². The van der Waals surface area contributed by atoms with Gasteiger partial charge in [0, 0.05) is 26.7 Å². The summed E-state index contributed by atoms with van der Waals surface area (Å²) < 4.78 is 10.9. The van der Waals surface area contributed by atoms with Gasteiger partial charge in [0.25, 0.3) is 0 Å². The maximum absolute atomic E-state index is 10.0. The second-order valence-corrected chi connectivity index (χ2v) is 5.31. The molecule has 4 nitrogen and oxygen atoms in total. The Balaban J connectivity index is 2.30. The molecule has 0 aromatic carbocycles. The molecule has 0 aromatic heterocycles. The van der Waals surface area contributed by atoms with Gasteiger partial charge in [-0.25, -0.2) is 0 Å². The Hall–Kier alpha value is -0.160. The second-order valence-electron chi connectivity index (χ2n) is 5.31. The lowest BCUT2D eigenvalue weighted by molar-refractivity contribution is -0.0874. The van der Waals surface area contributed by atoms with E-state index in [2.05, 4.69) is 11.8 Å². The summed E-state index contributed by atoms with van der Waals surface area (Å²) in [4.78, 5) is 2.37. The van der Waals surface area contributed by atoms with Crippen molar-refractivity contribution in [3.8, 4) is 0 Å². The number of methoxy groups -OCH3 is 1. The normalized spacial score (nSPS) is 24.9. The molecular weight excluding hydrogens is 218 g/mol. The van der Waals surface area contributed by atoms with E-state index in [-0.39, 0.29) is 0 Å². The van der Waals surface area contributed by atoms with Gasteiger partial charge in [-0.2, -0.15) is 0 Å². The number of hydrogen-bond donors (Lipinski definition) is 1. The van der Waals surface area contributed by atoms with Crippen LogP contribution in [0.5, 0.6) is 0 Å². The lowest BCUT2D eigenvalue weighted by Gasteiger charge is -2.35. The average Bonchev–Trinajstić information content (AvgIpc) is 2.36. The first-order chi connectivity index (χ1) is 7.99. The van der Waals surface area contributed by atoms with Crippen LogP contribution in [0.1, 0.15) is 33.6 Å². The van der Waals surface area contributed by atoms with Crippen LogP contribution in [0.25, 0.3) is 0 Å². The molecule has 0 bridgehead atoms. The first-order valence-corrected chi connectivity index (χ1v) is 6.56. The van der Waals surface area contributed by atoms with Gasteiger partial charge < -0.3 is 14.6 Å². The molecule has 102 valence electrons. The predicted octanol–water partition coefficient (Wildman–Crippen LogP) is 1.27. The first-order valence-electron chi connectivity index (χ1n) is 6.56. The van der Waals surface area contributed by atoms with E-state index in [9.17, 15) is 5.11 Å². The Morgan fingerprint density at radius 3 is 2.82 bits per heavy atom. The largest absolute Gasteiger partial charge is 0.390 e. The highest BCUT2D eigenvalue weighted by Gasteiger charge is 2.28. The molecule has 4 heteroatoms. The molecule has 1 aliphatic heterocycles. The molecule has 0 amide bonds. The Kier molecular flexibility index (Phi) is 5.86. The van der Waals surface area contributed by atoms with Crippen LogP contribution < -0.4 is 0 Å². The molecule has 0 spiro atoms. The molecular formula is C13H27NO3. The molecule has 0 aromatic rings. The zero-order valence-electron chi connectivity index (χ0n) is 11.6. The third-order valence-electron chi connectivity index (χ3n) is 3.73. The fraction of sp³-hybridized carbons (Fsp3) is 1.00. The smallest absolute Gasteiger partial charge is 0.0880 e. The highest BCUT2D eigenvalue weighted by atomic mass is 16.5. The molecule has 0 saturated carbocycles. The van der Waals surface area contributed by atoms with Crippen molar-refractivity contribution < 1.29 is 14.6 Å². The number of aliphatic hydroxyl groups excluding tert-OH is 1. The molecule has 1 fully saturated rings. The molecule has 0 radical (unpaired) electrons. The summed E-state index contributed by atoms with van der Waals surface area (Å²) >= 11 is 0. The van der Waals surface area contributed by atoms with Crippen molar-refractivity contribution in [3.05, 3.63) is 0 Å². The van der Waals surface area contributed by atoms with Gasteiger partial charge in [-0.15, -0.1) is 0 Å². The molecule has 1 aliphatic rings. The summed E-state index contributed by atoms with van der Waals surface area (Å²) in [5.41, 5.74) is -0.462. The van der Waals surface area contributed by atoms with Gasteiger partial charge in [-0.05, 0) is 26.7 Å². The van der Waals surface area contributed by atoms with Gasteiger partial charge in [-0.1, -0.05) is 6.92 Å². The highest BCUT2D eigenvalue weighted by Crippen LogP contribution is 2.17. The van der Waals surface area contributed by atoms with Crippen LogP contribution in [0.15, 0.2) is 0 Å². The zero-order chi connectivity index (χ0) is 12.9. The van der Waals surface area contributed by atoms with Crippen LogP contribution in [-0.4, -0.2) is 61.2 Å². The molecule has 1 N–H and O–H groups in total. The SMILES string of the molecule is CCC1CN(CCC(O)C(C)(C)OC)CCO1. The summed E-state index contributed by atoms with van der Waals surface area (Å²) in [6.45, 7) is 9.66. The van der Waals surface area contributed by atoms with Crippen molar-refractivity contribution in [2.75, 3.05) is 33.4 Å². The topological polar surface area (TPSA) is 41.9 Å². The van der Waals surface area contributed by atoms with E-state index in [1.807, 2.05) is 13.8 Å². The Morgan fingerprint density at radius 2 is 2.24 bits per heavy atom. The molecule has 1 heterocycles.